The number of aliphatic carboxylic acids is 1. The fourth-order valence-corrected chi connectivity index (χ4v) is 4.84. The molecule has 0 spiro atoms. The molecular formula is C24H36N6O2. The zero-order valence-corrected chi connectivity index (χ0v) is 17.9. The Balaban J connectivity index is 0.00000289. The van der Waals surface area contributed by atoms with Crippen LogP contribution in [-0.4, -0.2) is 57.9 Å². The second-order valence-electron chi connectivity index (χ2n) is 8.71. The predicted molar refractivity (Wildman–Crippen MR) is 125 cm³/mol. The topological polar surface area (TPSA) is 116 Å². The Hall–Kier alpha value is -2.58. The molecule has 1 aromatic carbocycles. The van der Waals surface area contributed by atoms with Crippen LogP contribution in [0.15, 0.2) is 30.3 Å². The fraction of sp³-hybridized carbons (Fsp3) is 0.583. The van der Waals surface area contributed by atoms with E-state index in [1.165, 1.54) is 24.0 Å². The first kappa shape index (κ1) is 24.1. The molecular weight excluding hydrogens is 404 g/mol. The van der Waals surface area contributed by atoms with E-state index in [1.807, 2.05) is 0 Å². The van der Waals surface area contributed by atoms with E-state index in [4.69, 9.17) is 0 Å². The van der Waals surface area contributed by atoms with E-state index in [0.717, 1.165) is 44.6 Å². The number of carboxylic acid groups (broad SMARTS) is 1. The van der Waals surface area contributed by atoms with Crippen molar-refractivity contribution in [2.24, 2.45) is 11.8 Å². The molecule has 0 unspecified atom stereocenters. The van der Waals surface area contributed by atoms with Crippen molar-refractivity contribution in [2.45, 2.75) is 51.9 Å². The number of aromatic amines is 1. The van der Waals surface area contributed by atoms with Crippen molar-refractivity contribution in [3.8, 4) is 0 Å². The van der Waals surface area contributed by atoms with Crippen molar-refractivity contribution < 1.29 is 9.90 Å². The molecule has 8 heteroatoms. The molecule has 0 saturated carbocycles. The number of rotatable bonds is 10. The first-order chi connectivity index (χ1) is 15.2. The van der Waals surface area contributed by atoms with Crippen molar-refractivity contribution in [3.63, 3.8) is 0 Å². The summed E-state index contributed by atoms with van der Waals surface area (Å²) in [5, 5.41) is 31.3. The lowest BCUT2D eigenvalue weighted by Gasteiger charge is -2.25. The van der Waals surface area contributed by atoms with Gasteiger partial charge in [-0.05, 0) is 61.4 Å². The van der Waals surface area contributed by atoms with Crippen LogP contribution in [0.5, 0.6) is 0 Å². The average Bonchev–Trinajstić information content (AvgIpc) is 3.51. The second-order valence-corrected chi connectivity index (χ2v) is 8.71. The molecule has 2 atom stereocenters. The lowest BCUT2D eigenvalue weighted by molar-refractivity contribution is -0.143. The van der Waals surface area contributed by atoms with Crippen LogP contribution in [0.4, 0.5) is 0 Å². The summed E-state index contributed by atoms with van der Waals surface area (Å²) in [4.78, 5) is 12.2. The van der Waals surface area contributed by atoms with Gasteiger partial charge in [-0.1, -0.05) is 55.8 Å². The minimum Gasteiger partial charge on any atom is -0.481 e. The van der Waals surface area contributed by atoms with Crippen LogP contribution in [0.1, 0.15) is 62.4 Å². The third-order valence-corrected chi connectivity index (χ3v) is 6.67. The van der Waals surface area contributed by atoms with E-state index in [-0.39, 0.29) is 13.3 Å². The highest BCUT2D eigenvalue weighted by atomic mass is 16.4. The number of hydrogen-bond donors (Lipinski definition) is 4. The van der Waals surface area contributed by atoms with E-state index in [9.17, 15) is 9.90 Å². The Morgan fingerprint density at radius 3 is 2.56 bits per heavy atom. The molecule has 0 bridgehead atoms. The number of H-pyrrole nitrogens is 1. The van der Waals surface area contributed by atoms with Gasteiger partial charge >= 0.3 is 5.97 Å². The van der Waals surface area contributed by atoms with Crippen LogP contribution < -0.4 is 10.6 Å². The number of nitrogens with one attached hydrogen (secondary N) is 3. The molecule has 4 N–H and O–H groups in total. The summed E-state index contributed by atoms with van der Waals surface area (Å²) in [5.41, 5.74) is 3.61. The Morgan fingerprint density at radius 1 is 1.16 bits per heavy atom. The van der Waals surface area contributed by atoms with Gasteiger partial charge in [0, 0.05) is 19.0 Å². The van der Waals surface area contributed by atoms with E-state index in [0.29, 0.717) is 24.6 Å². The molecule has 2 aliphatic rings. The van der Waals surface area contributed by atoms with Crippen LogP contribution in [0.25, 0.3) is 5.57 Å². The highest BCUT2D eigenvalue weighted by molar-refractivity contribution is 5.71. The minimum atomic E-state index is -0.779. The molecule has 4 rings (SSSR count). The normalized spacial score (nSPS) is 18.6. The lowest BCUT2D eigenvalue weighted by Crippen LogP contribution is -2.28. The molecule has 0 amide bonds. The number of benzene rings is 1. The largest absolute Gasteiger partial charge is 0.481 e. The van der Waals surface area contributed by atoms with Gasteiger partial charge in [-0.3, -0.25) is 4.79 Å². The summed E-state index contributed by atoms with van der Waals surface area (Å²) < 4.78 is 0. The number of nitrogens with zero attached hydrogens (tertiary/aromatic N) is 3. The van der Waals surface area contributed by atoms with Crippen LogP contribution in [-0.2, 0) is 11.2 Å². The van der Waals surface area contributed by atoms with Gasteiger partial charge in [0.25, 0.3) is 0 Å². The zero-order chi connectivity index (χ0) is 21.5. The van der Waals surface area contributed by atoms with Crippen LogP contribution >= 0.6 is 0 Å². The van der Waals surface area contributed by atoms with E-state index in [2.05, 4.69) is 61.6 Å². The van der Waals surface area contributed by atoms with Crippen LogP contribution in [0, 0.1) is 11.8 Å². The third kappa shape index (κ3) is 6.23. The molecule has 32 heavy (non-hydrogen) atoms. The number of hydrogen-bond acceptors (Lipinski definition) is 6. The van der Waals surface area contributed by atoms with Gasteiger partial charge in [0.05, 0.1) is 5.92 Å². The summed E-state index contributed by atoms with van der Waals surface area (Å²) in [7, 11) is 0. The van der Waals surface area contributed by atoms with Gasteiger partial charge in [-0.25, -0.2) is 0 Å². The fourth-order valence-electron chi connectivity index (χ4n) is 4.84. The average molecular weight is 441 g/mol. The number of carbonyl (C=O) groups is 1. The highest BCUT2D eigenvalue weighted by Gasteiger charge is 2.32. The summed E-state index contributed by atoms with van der Waals surface area (Å²) in [6.07, 6.45) is 7.80. The molecule has 3 heterocycles. The first-order valence-corrected chi connectivity index (χ1v) is 11.4. The SMILES string of the molecule is C.O=C(O)[C@@H](CCCC1CCNCC1)[C@H](Cc1ccc(C2=CCNC2)cc1)c1nn[nH]n1. The van der Waals surface area contributed by atoms with Gasteiger partial charge in [-0.2, -0.15) is 5.21 Å². The van der Waals surface area contributed by atoms with E-state index in [1.54, 1.807) is 0 Å². The van der Waals surface area contributed by atoms with Crippen molar-refractivity contribution in [2.75, 3.05) is 26.2 Å². The Bertz CT molecular complexity index is 859. The van der Waals surface area contributed by atoms with Gasteiger partial charge in [-0.15, -0.1) is 10.2 Å². The first-order valence-electron chi connectivity index (χ1n) is 11.4. The summed E-state index contributed by atoms with van der Waals surface area (Å²) in [5.74, 6) is -0.422. The monoisotopic (exact) mass is 440 g/mol. The van der Waals surface area contributed by atoms with Crippen molar-refractivity contribution in [3.05, 3.63) is 47.3 Å². The molecule has 174 valence electrons. The summed E-state index contributed by atoms with van der Waals surface area (Å²) >= 11 is 0. The Labute approximate surface area is 190 Å². The standard InChI is InChI=1S/C23H32N6O2.CH4/c30-23(31)20(3-1-2-16-8-11-24-12-9-16)21(22-26-28-29-27-22)14-17-4-6-18(7-5-17)19-10-13-25-15-19;/h4-7,10,16,20-21,24-25H,1-3,8-9,11-15H2,(H,30,31)(H,26,27,28,29);1H4/t20-,21-;/m0./s1. The number of tetrazole rings is 1. The summed E-state index contributed by atoms with van der Waals surface area (Å²) in [6, 6.07) is 8.42. The second kappa shape index (κ2) is 11.9. The van der Waals surface area contributed by atoms with Crippen molar-refractivity contribution in [1.29, 1.82) is 0 Å². The molecule has 8 nitrogen and oxygen atoms in total. The molecule has 2 aromatic rings. The summed E-state index contributed by atoms with van der Waals surface area (Å²) in [6.45, 7) is 3.95. The maximum absolute atomic E-state index is 12.2. The molecule has 2 aliphatic heterocycles. The Kier molecular flexibility index (Phi) is 8.93. The maximum Gasteiger partial charge on any atom is 0.307 e. The molecule has 1 aromatic heterocycles. The molecule has 1 saturated heterocycles. The van der Waals surface area contributed by atoms with Gasteiger partial charge < -0.3 is 15.7 Å². The molecule has 0 aliphatic carbocycles. The van der Waals surface area contributed by atoms with Crippen LogP contribution in [0.3, 0.4) is 0 Å². The third-order valence-electron chi connectivity index (χ3n) is 6.67. The zero-order valence-electron chi connectivity index (χ0n) is 17.9. The number of aromatic nitrogens is 4. The van der Waals surface area contributed by atoms with Crippen LogP contribution in [0.2, 0.25) is 0 Å². The molecule has 1 fully saturated rings. The van der Waals surface area contributed by atoms with Gasteiger partial charge in [0.15, 0.2) is 5.82 Å². The highest BCUT2D eigenvalue weighted by Crippen LogP contribution is 2.32. The number of piperidine rings is 1. The van der Waals surface area contributed by atoms with Crippen molar-refractivity contribution >= 4 is 11.5 Å². The van der Waals surface area contributed by atoms with Gasteiger partial charge in [0.1, 0.15) is 0 Å². The molecule has 0 radical (unpaired) electrons. The quantitative estimate of drug-likeness (QED) is 0.449. The smallest absolute Gasteiger partial charge is 0.307 e. The minimum absolute atomic E-state index is 0. The predicted octanol–water partition coefficient (Wildman–Crippen LogP) is 3.02. The van der Waals surface area contributed by atoms with Gasteiger partial charge in [0.2, 0.25) is 0 Å². The number of carboxylic acids is 1. The van der Waals surface area contributed by atoms with E-state index >= 15 is 0 Å². The maximum atomic E-state index is 12.2. The van der Waals surface area contributed by atoms with Crippen molar-refractivity contribution in [1.82, 2.24) is 31.3 Å². The lowest BCUT2D eigenvalue weighted by atomic mass is 9.81. The van der Waals surface area contributed by atoms with E-state index < -0.39 is 11.9 Å². The Morgan fingerprint density at radius 2 is 1.94 bits per heavy atom.